The summed E-state index contributed by atoms with van der Waals surface area (Å²) in [5.41, 5.74) is -0.236. The molecule has 1 aromatic heterocycles. The van der Waals surface area contributed by atoms with Crippen LogP contribution in [0.1, 0.15) is 28.6 Å². The number of hydrogen-bond acceptors (Lipinski definition) is 8. The van der Waals surface area contributed by atoms with Crippen molar-refractivity contribution in [3.05, 3.63) is 51.6 Å². The molecular formula is C19H21NO7S. The predicted molar refractivity (Wildman–Crippen MR) is 103 cm³/mol. The minimum atomic E-state index is -3.59. The molecule has 0 fully saturated rings. The Labute approximate surface area is 162 Å². The largest absolute Gasteiger partial charge is 0.507 e. The fourth-order valence-electron chi connectivity index (χ4n) is 3.25. The second kappa shape index (κ2) is 7.67. The topological polar surface area (TPSA) is 115 Å². The lowest BCUT2D eigenvalue weighted by Gasteiger charge is -2.19. The molecule has 1 N–H and O–H groups in total. The first-order valence-electron chi connectivity index (χ1n) is 8.57. The Morgan fingerprint density at radius 3 is 2.61 bits per heavy atom. The van der Waals surface area contributed by atoms with Crippen LogP contribution in [0.3, 0.4) is 0 Å². The third kappa shape index (κ3) is 3.75. The molecule has 0 saturated heterocycles. The van der Waals surface area contributed by atoms with Crippen LogP contribution in [-0.4, -0.2) is 45.8 Å². The molecule has 0 bridgehead atoms. The van der Waals surface area contributed by atoms with Gasteiger partial charge in [-0.25, -0.2) is 13.2 Å². The number of aryl methyl sites for hydroxylation is 1. The van der Waals surface area contributed by atoms with E-state index in [1.54, 1.807) is 18.2 Å². The highest BCUT2D eigenvalue weighted by Gasteiger charge is 2.34. The van der Waals surface area contributed by atoms with Crippen molar-refractivity contribution in [2.45, 2.75) is 18.6 Å². The third-order valence-corrected chi connectivity index (χ3v) is 6.66. The molecule has 1 aliphatic heterocycles. The normalized spacial score (nSPS) is 18.8. The van der Waals surface area contributed by atoms with Crippen LogP contribution < -0.4 is 15.1 Å². The molecule has 0 saturated carbocycles. The molecule has 3 rings (SSSR count). The number of ether oxygens (including phenoxy) is 2. The van der Waals surface area contributed by atoms with Crippen molar-refractivity contribution >= 4 is 15.5 Å². The molecule has 0 amide bonds. The van der Waals surface area contributed by atoms with E-state index in [0.29, 0.717) is 17.1 Å². The van der Waals surface area contributed by atoms with Crippen molar-refractivity contribution in [1.29, 1.82) is 0 Å². The van der Waals surface area contributed by atoms with Crippen LogP contribution in [0, 0.1) is 6.92 Å². The first-order valence-corrected chi connectivity index (χ1v) is 10.3. The van der Waals surface area contributed by atoms with Crippen LogP contribution in [0.5, 0.6) is 17.2 Å². The van der Waals surface area contributed by atoms with Gasteiger partial charge < -0.3 is 19.0 Å². The van der Waals surface area contributed by atoms with E-state index in [1.807, 2.05) is 0 Å². The number of sulfone groups is 1. The molecule has 2 aromatic rings. The van der Waals surface area contributed by atoms with E-state index in [0.717, 1.165) is 0 Å². The summed E-state index contributed by atoms with van der Waals surface area (Å²) < 4.78 is 41.4. The fourth-order valence-corrected chi connectivity index (χ4v) is 4.87. The first kappa shape index (κ1) is 19.9. The van der Waals surface area contributed by atoms with E-state index in [-0.39, 0.29) is 41.5 Å². The Morgan fingerprint density at radius 1 is 1.21 bits per heavy atom. The number of aliphatic imine (C=N–C) groups is 1. The average molecular weight is 407 g/mol. The number of benzene rings is 1. The second-order valence-corrected chi connectivity index (χ2v) is 8.70. The van der Waals surface area contributed by atoms with Gasteiger partial charge in [-0.05, 0) is 13.0 Å². The molecule has 8 nitrogen and oxygen atoms in total. The van der Waals surface area contributed by atoms with E-state index >= 15 is 0 Å². The summed E-state index contributed by atoms with van der Waals surface area (Å²) >= 11 is 0. The van der Waals surface area contributed by atoms with E-state index in [2.05, 4.69) is 4.99 Å². The third-order valence-electron chi connectivity index (χ3n) is 4.62. The van der Waals surface area contributed by atoms with E-state index < -0.39 is 20.7 Å². The highest BCUT2D eigenvalue weighted by Crippen LogP contribution is 2.38. The molecular weight excluding hydrogens is 386 g/mol. The second-order valence-electron chi connectivity index (χ2n) is 6.40. The lowest BCUT2D eigenvalue weighted by atomic mass is 10.0. The molecule has 0 spiro atoms. The zero-order chi connectivity index (χ0) is 20.5. The monoisotopic (exact) mass is 407 g/mol. The molecule has 1 aromatic carbocycles. The Kier molecular flexibility index (Phi) is 5.46. The minimum absolute atomic E-state index is 0.0145. The summed E-state index contributed by atoms with van der Waals surface area (Å²) in [5.74, 6) is 0.661. The van der Waals surface area contributed by atoms with E-state index in [9.17, 15) is 18.3 Å². The number of methoxy groups -OCH3 is 2. The van der Waals surface area contributed by atoms with Gasteiger partial charge in [-0.1, -0.05) is 6.07 Å². The van der Waals surface area contributed by atoms with Gasteiger partial charge in [-0.15, -0.1) is 0 Å². The van der Waals surface area contributed by atoms with Crippen molar-refractivity contribution in [2.75, 3.05) is 26.5 Å². The Bertz CT molecular complexity index is 1090. The van der Waals surface area contributed by atoms with Gasteiger partial charge in [0.05, 0.1) is 37.5 Å². The minimum Gasteiger partial charge on any atom is -0.507 e. The number of nitrogens with zero attached hydrogens (tertiary/aromatic N) is 1. The van der Waals surface area contributed by atoms with Gasteiger partial charge in [-0.3, -0.25) is 4.99 Å². The van der Waals surface area contributed by atoms with Crippen LogP contribution in [0.2, 0.25) is 0 Å². The molecule has 1 aliphatic rings. The van der Waals surface area contributed by atoms with Crippen LogP contribution in [0.25, 0.3) is 0 Å². The summed E-state index contributed by atoms with van der Waals surface area (Å²) in [7, 11) is -0.647. The van der Waals surface area contributed by atoms with Crippen molar-refractivity contribution < 1.29 is 27.4 Å². The number of rotatable bonds is 4. The summed E-state index contributed by atoms with van der Waals surface area (Å²) in [6.07, 6.45) is -0.0909. The van der Waals surface area contributed by atoms with Crippen molar-refractivity contribution in [3.63, 3.8) is 0 Å². The van der Waals surface area contributed by atoms with Crippen molar-refractivity contribution in [2.24, 2.45) is 4.99 Å². The zero-order valence-electron chi connectivity index (χ0n) is 15.8. The lowest BCUT2D eigenvalue weighted by molar-refractivity contribution is 0.390. The van der Waals surface area contributed by atoms with Gasteiger partial charge in [0, 0.05) is 24.1 Å². The summed E-state index contributed by atoms with van der Waals surface area (Å²) in [6.45, 7) is 1.52. The molecule has 9 heteroatoms. The highest BCUT2D eigenvalue weighted by atomic mass is 32.2. The van der Waals surface area contributed by atoms with E-state index in [1.165, 1.54) is 27.2 Å². The maximum absolute atomic E-state index is 12.9. The van der Waals surface area contributed by atoms with Gasteiger partial charge in [0.2, 0.25) is 0 Å². The fraction of sp³-hybridized carbons (Fsp3) is 0.368. The quantitative estimate of drug-likeness (QED) is 0.824. The smallest absolute Gasteiger partial charge is 0.348 e. The zero-order valence-corrected chi connectivity index (χ0v) is 16.6. The summed E-state index contributed by atoms with van der Waals surface area (Å²) in [6, 6.07) is 6.18. The molecule has 0 radical (unpaired) electrons. The van der Waals surface area contributed by atoms with Gasteiger partial charge in [0.15, 0.2) is 9.84 Å². The first-order chi connectivity index (χ1) is 13.3. The van der Waals surface area contributed by atoms with Crippen LogP contribution in [-0.2, 0) is 9.84 Å². The van der Waals surface area contributed by atoms with Gasteiger partial charge in [0.1, 0.15) is 28.6 Å². The van der Waals surface area contributed by atoms with Crippen molar-refractivity contribution in [3.8, 4) is 17.2 Å². The molecule has 150 valence electrons. The maximum Gasteiger partial charge on any atom is 0.348 e. The Morgan fingerprint density at radius 2 is 1.96 bits per heavy atom. The summed E-state index contributed by atoms with van der Waals surface area (Å²) in [4.78, 5) is 16.5. The maximum atomic E-state index is 12.9. The Balaban J connectivity index is 2.12. The van der Waals surface area contributed by atoms with Gasteiger partial charge in [0.25, 0.3) is 0 Å². The standard InChI is InChI=1S/C19H21NO7S/c1-11-8-15(21)18(19(22)27-11)14-10-17(28(23,24)7-6-20-14)13-5-4-12(25-2)9-16(13)26-3/h4-5,8-9,17,21H,6-7,10H2,1-3H3. The molecule has 1 unspecified atom stereocenters. The van der Waals surface area contributed by atoms with Gasteiger partial charge >= 0.3 is 5.63 Å². The van der Waals surface area contributed by atoms with Crippen LogP contribution >= 0.6 is 0 Å². The van der Waals surface area contributed by atoms with Gasteiger partial charge in [-0.2, -0.15) is 0 Å². The van der Waals surface area contributed by atoms with Crippen LogP contribution in [0.15, 0.2) is 38.5 Å². The predicted octanol–water partition coefficient (Wildman–Crippen LogP) is 2.02. The average Bonchev–Trinajstić information content (AvgIpc) is 2.78. The molecule has 2 heterocycles. The molecule has 0 aliphatic carbocycles. The number of hydrogen-bond donors (Lipinski definition) is 1. The van der Waals surface area contributed by atoms with E-state index in [4.69, 9.17) is 13.9 Å². The van der Waals surface area contributed by atoms with Crippen molar-refractivity contribution in [1.82, 2.24) is 0 Å². The molecule has 1 atom stereocenters. The highest BCUT2D eigenvalue weighted by molar-refractivity contribution is 7.91. The SMILES string of the molecule is COc1ccc(C2CC(c3c(O)cc(C)oc3=O)=NCCS2(=O)=O)c(OC)c1. The Hall–Kier alpha value is -2.81. The lowest BCUT2D eigenvalue weighted by Crippen LogP contribution is -2.21. The molecule has 28 heavy (non-hydrogen) atoms. The number of aromatic hydroxyl groups is 1. The van der Waals surface area contributed by atoms with Crippen LogP contribution in [0.4, 0.5) is 0 Å². The summed E-state index contributed by atoms with van der Waals surface area (Å²) in [5, 5.41) is 9.25.